The molecule has 0 aliphatic rings. The number of hydrogen-bond acceptors (Lipinski definition) is 3. The fourth-order valence-electron chi connectivity index (χ4n) is 1.74. The molecule has 108 valence electrons. The third-order valence-electron chi connectivity index (χ3n) is 3.02. The van der Waals surface area contributed by atoms with Crippen molar-refractivity contribution >= 4 is 0 Å². The van der Waals surface area contributed by atoms with Gasteiger partial charge in [0, 0.05) is 6.54 Å². The van der Waals surface area contributed by atoms with E-state index in [-0.39, 0.29) is 0 Å². The monoisotopic (exact) mass is 264 g/mol. The first kappa shape index (κ1) is 16.0. The van der Waals surface area contributed by atoms with Gasteiger partial charge in [-0.25, -0.2) is 0 Å². The maximum atomic E-state index is 5.70. The van der Waals surface area contributed by atoms with Crippen LogP contribution in [0.25, 0.3) is 0 Å². The van der Waals surface area contributed by atoms with Crippen molar-refractivity contribution in [2.75, 3.05) is 19.7 Å². The van der Waals surface area contributed by atoms with Gasteiger partial charge in [0.1, 0.15) is 5.75 Å². The third-order valence-corrected chi connectivity index (χ3v) is 3.02. The van der Waals surface area contributed by atoms with Gasteiger partial charge in [0.2, 0.25) is 0 Å². The summed E-state index contributed by atoms with van der Waals surface area (Å²) in [6.45, 7) is 7.95. The Morgan fingerprint density at radius 1 is 1.16 bits per heavy atom. The number of unbranched alkanes of at least 4 members (excludes halogenated alkanes) is 1. The molecule has 0 fully saturated rings. The van der Waals surface area contributed by atoms with Crippen LogP contribution in [0.4, 0.5) is 0 Å². The molecule has 3 N–H and O–H groups in total. The van der Waals surface area contributed by atoms with Crippen molar-refractivity contribution in [1.82, 2.24) is 5.32 Å². The van der Waals surface area contributed by atoms with E-state index >= 15 is 0 Å². The van der Waals surface area contributed by atoms with Gasteiger partial charge < -0.3 is 15.8 Å². The Labute approximate surface area is 117 Å². The molecule has 0 saturated heterocycles. The van der Waals surface area contributed by atoms with E-state index in [4.69, 9.17) is 10.5 Å². The molecule has 3 heteroatoms. The number of ether oxygens (including phenoxy) is 1. The first-order valence-corrected chi connectivity index (χ1v) is 7.35. The average molecular weight is 264 g/mol. The van der Waals surface area contributed by atoms with E-state index in [1.807, 2.05) is 0 Å². The third kappa shape index (κ3) is 7.85. The maximum absolute atomic E-state index is 5.70. The van der Waals surface area contributed by atoms with Crippen LogP contribution in [-0.2, 0) is 6.54 Å². The minimum atomic E-state index is 0.692. The summed E-state index contributed by atoms with van der Waals surface area (Å²) >= 11 is 0. The molecule has 19 heavy (non-hydrogen) atoms. The Morgan fingerprint density at radius 3 is 2.53 bits per heavy atom. The molecule has 3 nitrogen and oxygen atoms in total. The van der Waals surface area contributed by atoms with Crippen molar-refractivity contribution < 1.29 is 4.74 Å². The number of nitrogens with one attached hydrogen (secondary N) is 1. The van der Waals surface area contributed by atoms with Crippen molar-refractivity contribution in [2.45, 2.75) is 39.7 Å². The molecule has 0 aliphatic carbocycles. The van der Waals surface area contributed by atoms with Crippen LogP contribution in [0.5, 0.6) is 5.75 Å². The summed E-state index contributed by atoms with van der Waals surface area (Å²) in [5, 5.41) is 3.42. The Balaban J connectivity index is 2.19. The van der Waals surface area contributed by atoms with E-state index in [2.05, 4.69) is 43.4 Å². The second-order valence-electron chi connectivity index (χ2n) is 5.35. The van der Waals surface area contributed by atoms with Crippen LogP contribution in [0.2, 0.25) is 0 Å². The van der Waals surface area contributed by atoms with Crippen molar-refractivity contribution in [2.24, 2.45) is 11.7 Å². The molecule has 0 bridgehead atoms. The van der Waals surface area contributed by atoms with E-state index in [9.17, 15) is 0 Å². The summed E-state index contributed by atoms with van der Waals surface area (Å²) in [6, 6.07) is 8.36. The first-order valence-electron chi connectivity index (χ1n) is 7.35. The Hall–Kier alpha value is -1.06. The molecule has 1 aromatic carbocycles. The number of rotatable bonds is 10. The first-order chi connectivity index (χ1) is 9.22. The molecule has 1 aromatic rings. The number of benzene rings is 1. The van der Waals surface area contributed by atoms with Gasteiger partial charge >= 0.3 is 0 Å². The Kier molecular flexibility index (Phi) is 8.26. The standard InChI is InChI=1S/C16H28N2O/c1-14(2)9-12-19-16-7-5-15(6-8-16)13-18-11-4-3-10-17/h5-8,14,18H,3-4,9-13,17H2,1-2H3. The molecule has 0 aromatic heterocycles. The zero-order valence-corrected chi connectivity index (χ0v) is 12.3. The predicted molar refractivity (Wildman–Crippen MR) is 81.4 cm³/mol. The van der Waals surface area contributed by atoms with Gasteiger partial charge in [0.05, 0.1) is 6.61 Å². The van der Waals surface area contributed by atoms with Gasteiger partial charge in [-0.3, -0.25) is 0 Å². The van der Waals surface area contributed by atoms with Gasteiger partial charge in [-0.2, -0.15) is 0 Å². The van der Waals surface area contributed by atoms with Crippen LogP contribution >= 0.6 is 0 Å². The molecular formula is C16H28N2O. The van der Waals surface area contributed by atoms with E-state index < -0.39 is 0 Å². The van der Waals surface area contributed by atoms with Crippen LogP contribution in [-0.4, -0.2) is 19.7 Å². The smallest absolute Gasteiger partial charge is 0.119 e. The fourth-order valence-corrected chi connectivity index (χ4v) is 1.74. The van der Waals surface area contributed by atoms with Gasteiger partial charge in [-0.1, -0.05) is 26.0 Å². The molecule has 0 spiro atoms. The summed E-state index contributed by atoms with van der Waals surface area (Å²) in [6.07, 6.45) is 3.34. The summed E-state index contributed by atoms with van der Waals surface area (Å²) in [4.78, 5) is 0. The lowest BCUT2D eigenvalue weighted by Gasteiger charge is -2.09. The lowest BCUT2D eigenvalue weighted by Crippen LogP contribution is -2.15. The highest BCUT2D eigenvalue weighted by Crippen LogP contribution is 2.13. The van der Waals surface area contributed by atoms with Crippen LogP contribution in [0.3, 0.4) is 0 Å². The SMILES string of the molecule is CC(C)CCOc1ccc(CNCCCCN)cc1. The quantitative estimate of drug-likeness (QED) is 0.639. The van der Waals surface area contributed by atoms with Crippen molar-refractivity contribution in [3.8, 4) is 5.75 Å². The number of nitrogens with two attached hydrogens (primary N) is 1. The van der Waals surface area contributed by atoms with Gasteiger partial charge in [-0.15, -0.1) is 0 Å². The summed E-state index contributed by atoms with van der Waals surface area (Å²) in [5.41, 5.74) is 6.75. The normalized spacial score (nSPS) is 10.9. The summed E-state index contributed by atoms with van der Waals surface area (Å²) in [7, 11) is 0. The fraction of sp³-hybridized carbons (Fsp3) is 0.625. The van der Waals surface area contributed by atoms with Gasteiger partial charge in [0.15, 0.2) is 0 Å². The topological polar surface area (TPSA) is 47.3 Å². The minimum absolute atomic E-state index is 0.692. The molecule has 0 aliphatic heterocycles. The average Bonchev–Trinajstić information content (AvgIpc) is 2.40. The van der Waals surface area contributed by atoms with Crippen LogP contribution in [0.15, 0.2) is 24.3 Å². The van der Waals surface area contributed by atoms with Crippen molar-refractivity contribution in [3.63, 3.8) is 0 Å². The lowest BCUT2D eigenvalue weighted by molar-refractivity contribution is 0.289. The molecule has 1 rings (SSSR count). The molecule has 0 saturated carbocycles. The van der Waals surface area contributed by atoms with Gasteiger partial charge in [0.25, 0.3) is 0 Å². The second-order valence-corrected chi connectivity index (χ2v) is 5.35. The highest BCUT2D eigenvalue weighted by atomic mass is 16.5. The highest BCUT2D eigenvalue weighted by molar-refractivity contribution is 5.27. The van der Waals surface area contributed by atoms with E-state index in [1.165, 1.54) is 5.56 Å². The molecular weight excluding hydrogens is 236 g/mol. The molecule has 0 amide bonds. The van der Waals surface area contributed by atoms with Crippen LogP contribution in [0, 0.1) is 5.92 Å². The molecule has 0 radical (unpaired) electrons. The van der Waals surface area contributed by atoms with Crippen LogP contribution < -0.4 is 15.8 Å². The summed E-state index contributed by atoms with van der Waals surface area (Å²) < 4.78 is 5.70. The van der Waals surface area contributed by atoms with Crippen molar-refractivity contribution in [3.05, 3.63) is 29.8 Å². The Morgan fingerprint density at radius 2 is 1.89 bits per heavy atom. The zero-order chi connectivity index (χ0) is 13.9. The van der Waals surface area contributed by atoms with Gasteiger partial charge in [-0.05, 0) is 56.0 Å². The van der Waals surface area contributed by atoms with Crippen LogP contribution in [0.1, 0.15) is 38.7 Å². The molecule has 0 unspecified atom stereocenters. The maximum Gasteiger partial charge on any atom is 0.119 e. The lowest BCUT2D eigenvalue weighted by atomic mass is 10.1. The second kappa shape index (κ2) is 9.82. The summed E-state index contributed by atoms with van der Waals surface area (Å²) in [5.74, 6) is 1.66. The van der Waals surface area contributed by atoms with E-state index in [1.54, 1.807) is 0 Å². The Bertz CT molecular complexity index is 322. The zero-order valence-electron chi connectivity index (χ0n) is 12.3. The largest absolute Gasteiger partial charge is 0.494 e. The van der Waals surface area contributed by atoms with E-state index in [0.717, 1.165) is 51.3 Å². The number of hydrogen-bond donors (Lipinski definition) is 2. The molecule has 0 heterocycles. The highest BCUT2D eigenvalue weighted by Gasteiger charge is 1.97. The van der Waals surface area contributed by atoms with Crippen molar-refractivity contribution in [1.29, 1.82) is 0 Å². The predicted octanol–water partition coefficient (Wildman–Crippen LogP) is 2.94. The minimum Gasteiger partial charge on any atom is -0.494 e. The van der Waals surface area contributed by atoms with E-state index in [0.29, 0.717) is 5.92 Å². The molecule has 0 atom stereocenters.